The molecule has 0 spiro atoms. The highest BCUT2D eigenvalue weighted by atomic mass is 16.5. The summed E-state index contributed by atoms with van der Waals surface area (Å²) in [4.78, 5) is 18.6. The number of esters is 1. The second-order valence-electron chi connectivity index (χ2n) is 8.44. The van der Waals surface area contributed by atoms with Crippen LogP contribution in [0.4, 0.5) is 0 Å². The van der Waals surface area contributed by atoms with Crippen molar-refractivity contribution in [2.24, 2.45) is 11.8 Å². The van der Waals surface area contributed by atoms with Crippen LogP contribution in [0.5, 0.6) is 11.5 Å². The number of aromatic amines is 1. The van der Waals surface area contributed by atoms with Gasteiger partial charge in [0.1, 0.15) is 0 Å². The van der Waals surface area contributed by atoms with Crippen molar-refractivity contribution in [3.63, 3.8) is 0 Å². The van der Waals surface area contributed by atoms with Crippen molar-refractivity contribution in [1.29, 1.82) is 0 Å². The van der Waals surface area contributed by atoms with E-state index in [-0.39, 0.29) is 30.0 Å². The molecule has 4 heterocycles. The molecule has 0 saturated carbocycles. The summed E-state index contributed by atoms with van der Waals surface area (Å²) in [5, 5.41) is 1.19. The van der Waals surface area contributed by atoms with Gasteiger partial charge >= 0.3 is 5.97 Å². The molecule has 0 amide bonds. The molecule has 0 bridgehead atoms. The molecule has 3 aliphatic rings. The topological polar surface area (TPSA) is 73.0 Å². The lowest BCUT2D eigenvalue weighted by atomic mass is 9.72. The summed E-state index contributed by atoms with van der Waals surface area (Å²) in [5.41, 5.74) is 4.31. The molecule has 2 aromatic rings. The summed E-state index contributed by atoms with van der Waals surface area (Å²) in [6.07, 6.45) is 3.56. The van der Waals surface area contributed by atoms with Gasteiger partial charge in [-0.15, -0.1) is 0 Å². The molecule has 1 fully saturated rings. The molecule has 4 atom stereocenters. The standard InChI is InChI=1S/C23H28N2O5/c1-12-16-10-25-6-5-13-15-8-20(27-2)21(28-3)9-18(15)24-22(13)19(25)7-14(16)17(11-30-12)23(26)29-4/h8-9,11-12,14,16,19,24H,5-7,10H2,1-4H3/t12-,14?,16?,19+/m0/s1. The number of piperidine rings is 1. The predicted molar refractivity (Wildman–Crippen MR) is 112 cm³/mol. The van der Waals surface area contributed by atoms with Crippen LogP contribution in [-0.4, -0.2) is 56.4 Å². The van der Waals surface area contributed by atoms with Crippen molar-refractivity contribution in [1.82, 2.24) is 9.88 Å². The summed E-state index contributed by atoms with van der Waals surface area (Å²) >= 11 is 0. The van der Waals surface area contributed by atoms with Crippen molar-refractivity contribution in [3.8, 4) is 11.5 Å². The van der Waals surface area contributed by atoms with Crippen LogP contribution in [0.15, 0.2) is 24.0 Å². The number of nitrogens with one attached hydrogen (secondary N) is 1. The van der Waals surface area contributed by atoms with Crippen molar-refractivity contribution < 1.29 is 23.7 Å². The third-order valence-corrected chi connectivity index (χ3v) is 7.14. The fourth-order valence-corrected chi connectivity index (χ4v) is 5.56. The molecule has 3 aliphatic heterocycles. The minimum Gasteiger partial charge on any atom is -0.497 e. The van der Waals surface area contributed by atoms with Gasteiger partial charge in [0.25, 0.3) is 0 Å². The van der Waals surface area contributed by atoms with Crippen LogP contribution in [0.25, 0.3) is 10.9 Å². The lowest BCUT2D eigenvalue weighted by Crippen LogP contribution is -2.51. The zero-order valence-corrected chi connectivity index (χ0v) is 17.9. The van der Waals surface area contributed by atoms with Crippen molar-refractivity contribution in [2.75, 3.05) is 34.4 Å². The summed E-state index contributed by atoms with van der Waals surface area (Å²) < 4.78 is 21.9. The van der Waals surface area contributed by atoms with Crippen LogP contribution in [-0.2, 0) is 20.7 Å². The van der Waals surface area contributed by atoms with Crippen LogP contribution in [0, 0.1) is 11.8 Å². The maximum atomic E-state index is 12.4. The number of H-pyrrole nitrogens is 1. The van der Waals surface area contributed by atoms with E-state index in [2.05, 4.69) is 22.9 Å². The number of aromatic nitrogens is 1. The number of hydrogen-bond donors (Lipinski definition) is 1. The zero-order chi connectivity index (χ0) is 21.0. The molecule has 7 heteroatoms. The number of methoxy groups -OCH3 is 3. The van der Waals surface area contributed by atoms with Crippen LogP contribution < -0.4 is 9.47 Å². The largest absolute Gasteiger partial charge is 0.497 e. The summed E-state index contributed by atoms with van der Waals surface area (Å²) in [5.74, 6) is 1.59. The molecule has 0 aliphatic carbocycles. The van der Waals surface area contributed by atoms with Crippen molar-refractivity contribution >= 4 is 16.9 Å². The first-order chi connectivity index (χ1) is 14.5. The van der Waals surface area contributed by atoms with Gasteiger partial charge < -0.3 is 23.9 Å². The number of ether oxygens (including phenoxy) is 4. The first-order valence-corrected chi connectivity index (χ1v) is 10.5. The van der Waals surface area contributed by atoms with Gasteiger partial charge in [-0.1, -0.05) is 0 Å². The monoisotopic (exact) mass is 412 g/mol. The number of carbonyl (C=O) groups excluding carboxylic acids is 1. The Bertz CT molecular complexity index is 1030. The highest BCUT2D eigenvalue weighted by Gasteiger charge is 2.47. The van der Waals surface area contributed by atoms with Gasteiger partial charge in [0.05, 0.1) is 45.3 Å². The third-order valence-electron chi connectivity index (χ3n) is 7.14. The predicted octanol–water partition coefficient (Wildman–Crippen LogP) is 3.20. The maximum absolute atomic E-state index is 12.4. The van der Waals surface area contributed by atoms with Gasteiger partial charge in [-0.3, -0.25) is 4.90 Å². The fraction of sp³-hybridized carbons (Fsp3) is 0.522. The second kappa shape index (κ2) is 7.23. The van der Waals surface area contributed by atoms with Crippen LogP contribution in [0.1, 0.15) is 30.6 Å². The zero-order valence-electron chi connectivity index (χ0n) is 17.9. The number of nitrogens with zero attached hydrogens (tertiary/aromatic N) is 1. The summed E-state index contributed by atoms with van der Waals surface area (Å²) in [6, 6.07) is 4.32. The molecule has 160 valence electrons. The van der Waals surface area contributed by atoms with E-state index in [1.807, 2.05) is 6.07 Å². The lowest BCUT2D eigenvalue weighted by molar-refractivity contribution is -0.139. The van der Waals surface area contributed by atoms with Crippen LogP contribution in [0.3, 0.4) is 0 Å². The van der Waals surface area contributed by atoms with E-state index in [9.17, 15) is 4.79 Å². The van der Waals surface area contributed by atoms with Gasteiger partial charge in [0.15, 0.2) is 11.5 Å². The van der Waals surface area contributed by atoms with Gasteiger partial charge in [0, 0.05) is 47.6 Å². The Hall–Kier alpha value is -2.67. The van der Waals surface area contributed by atoms with E-state index < -0.39 is 0 Å². The van der Waals surface area contributed by atoms with Crippen molar-refractivity contribution in [3.05, 3.63) is 35.2 Å². The molecular formula is C23H28N2O5. The first kappa shape index (κ1) is 19.3. The number of rotatable bonds is 3. The molecule has 1 saturated heterocycles. The Morgan fingerprint density at radius 1 is 1.20 bits per heavy atom. The van der Waals surface area contributed by atoms with E-state index in [0.29, 0.717) is 5.57 Å². The number of hydrogen-bond acceptors (Lipinski definition) is 6. The van der Waals surface area contributed by atoms with Gasteiger partial charge in [-0.25, -0.2) is 4.79 Å². The Labute approximate surface area is 175 Å². The Kier molecular flexibility index (Phi) is 4.65. The first-order valence-electron chi connectivity index (χ1n) is 10.5. The molecular weight excluding hydrogens is 384 g/mol. The Morgan fingerprint density at radius 2 is 1.97 bits per heavy atom. The maximum Gasteiger partial charge on any atom is 0.337 e. The molecule has 1 N–H and O–H groups in total. The summed E-state index contributed by atoms with van der Waals surface area (Å²) in [7, 11) is 4.75. The average Bonchev–Trinajstić information content (AvgIpc) is 3.14. The van der Waals surface area contributed by atoms with E-state index >= 15 is 0 Å². The fourth-order valence-electron chi connectivity index (χ4n) is 5.56. The molecule has 1 aromatic carbocycles. The molecule has 0 radical (unpaired) electrons. The van der Waals surface area contributed by atoms with Crippen molar-refractivity contribution in [2.45, 2.75) is 31.9 Å². The molecule has 2 unspecified atom stereocenters. The average molecular weight is 412 g/mol. The smallest absolute Gasteiger partial charge is 0.337 e. The summed E-state index contributed by atoms with van der Waals surface area (Å²) in [6.45, 7) is 4.00. The van der Waals surface area contributed by atoms with Crippen LogP contribution in [0.2, 0.25) is 0 Å². The number of carbonyl (C=O) groups is 1. The van der Waals surface area contributed by atoms with Gasteiger partial charge in [-0.2, -0.15) is 0 Å². The minimum atomic E-state index is -0.285. The van der Waals surface area contributed by atoms with E-state index in [1.165, 1.54) is 23.8 Å². The third kappa shape index (κ3) is 2.79. The van der Waals surface area contributed by atoms with Gasteiger partial charge in [0.2, 0.25) is 0 Å². The second-order valence-corrected chi connectivity index (χ2v) is 8.44. The quantitative estimate of drug-likeness (QED) is 0.781. The molecule has 5 rings (SSSR count). The SMILES string of the molecule is COC(=O)C1=CO[C@@H](C)C2CN3CCc4c([nH]c5cc(OC)c(OC)cc45)[C@H]3CC12. The van der Waals surface area contributed by atoms with E-state index in [4.69, 9.17) is 18.9 Å². The van der Waals surface area contributed by atoms with Gasteiger partial charge in [-0.05, 0) is 31.4 Å². The lowest BCUT2D eigenvalue weighted by Gasteiger charge is -2.49. The highest BCUT2D eigenvalue weighted by Crippen LogP contribution is 2.48. The minimum absolute atomic E-state index is 0.0852. The van der Waals surface area contributed by atoms with E-state index in [0.717, 1.165) is 42.9 Å². The normalized spacial score (nSPS) is 27.9. The van der Waals surface area contributed by atoms with Crippen LogP contribution >= 0.6 is 0 Å². The Morgan fingerprint density at radius 3 is 2.70 bits per heavy atom. The molecule has 7 nitrogen and oxygen atoms in total. The molecule has 1 aromatic heterocycles. The molecule has 30 heavy (non-hydrogen) atoms. The number of fused-ring (bicyclic) bond motifs is 6. The number of benzene rings is 1. The highest BCUT2D eigenvalue weighted by molar-refractivity contribution is 5.89. The Balaban J connectivity index is 1.56. The van der Waals surface area contributed by atoms with E-state index in [1.54, 1.807) is 20.5 Å².